The lowest BCUT2D eigenvalue weighted by molar-refractivity contribution is -0.00517. The van der Waals surface area contributed by atoms with Crippen LogP contribution in [-0.2, 0) is 24.4 Å². The first-order valence-corrected chi connectivity index (χ1v) is 13.5. The number of thiazole rings is 1. The van der Waals surface area contributed by atoms with Gasteiger partial charge in [0, 0.05) is 13.1 Å². The fraction of sp³-hybridized carbons (Fsp3) is 0.526. The molecule has 0 N–H and O–H groups in total. The van der Waals surface area contributed by atoms with Crippen LogP contribution in [0.4, 0.5) is 5.00 Å². The largest absolute Gasteiger partial charge is 0.372 e. The molecule has 1 aromatic heterocycles. The topological polar surface area (TPSA) is 93.6 Å². The van der Waals surface area contributed by atoms with E-state index in [-0.39, 0.29) is 32.2 Å². The number of rotatable bonds is 6. The zero-order valence-corrected chi connectivity index (χ0v) is 19.4. The molecule has 3 rings (SSSR count). The van der Waals surface area contributed by atoms with E-state index in [0.29, 0.717) is 24.5 Å². The van der Waals surface area contributed by atoms with Crippen LogP contribution in [-0.4, -0.2) is 52.9 Å². The van der Waals surface area contributed by atoms with E-state index in [0.717, 1.165) is 16.9 Å². The maximum absolute atomic E-state index is 13.4. The Kier molecular flexibility index (Phi) is 6.38. The number of hydrogen-bond donors (Lipinski definition) is 0. The van der Waals surface area contributed by atoms with E-state index < -0.39 is 19.7 Å². The smallest absolute Gasteiger partial charge is 0.226 e. The molecule has 1 fully saturated rings. The Morgan fingerprint density at radius 3 is 2.24 bits per heavy atom. The molecule has 10 heteroatoms. The van der Waals surface area contributed by atoms with Crippen LogP contribution in [0.25, 0.3) is 0 Å². The number of morpholine rings is 1. The van der Waals surface area contributed by atoms with E-state index in [2.05, 4.69) is 4.98 Å². The first kappa shape index (κ1) is 22.2. The lowest BCUT2D eigenvalue weighted by atomic mass is 10.2. The third kappa shape index (κ3) is 4.65. The van der Waals surface area contributed by atoms with Gasteiger partial charge in [0.1, 0.15) is 5.00 Å². The summed E-state index contributed by atoms with van der Waals surface area (Å²) < 4.78 is 57.6. The molecular formula is C19H26N2O5S3. The highest BCUT2D eigenvalue weighted by Gasteiger charge is 2.35. The van der Waals surface area contributed by atoms with Gasteiger partial charge in [0.25, 0.3) is 0 Å². The second-order valence-corrected chi connectivity index (χ2v) is 12.5. The number of aromatic nitrogens is 1. The van der Waals surface area contributed by atoms with Crippen molar-refractivity contribution in [1.82, 2.24) is 4.98 Å². The molecule has 0 radical (unpaired) electrons. The number of aryl methyl sites for hydroxylation is 1. The van der Waals surface area contributed by atoms with Gasteiger partial charge in [0.15, 0.2) is 5.03 Å². The van der Waals surface area contributed by atoms with Crippen LogP contribution in [0.15, 0.2) is 38.5 Å². The zero-order valence-electron chi connectivity index (χ0n) is 17.0. The molecule has 29 heavy (non-hydrogen) atoms. The van der Waals surface area contributed by atoms with E-state index in [1.165, 1.54) is 12.1 Å². The van der Waals surface area contributed by atoms with E-state index >= 15 is 0 Å². The molecule has 0 aliphatic carbocycles. The predicted octanol–water partition coefficient (Wildman–Crippen LogP) is 3.08. The first-order chi connectivity index (χ1) is 13.5. The molecule has 2 atom stereocenters. The normalized spacial score (nSPS) is 20.8. The number of anilines is 1. The molecule has 0 unspecified atom stereocenters. The van der Waals surface area contributed by atoms with Crippen molar-refractivity contribution in [1.29, 1.82) is 0 Å². The number of nitrogens with zero attached hydrogens (tertiary/aromatic N) is 2. The molecular weight excluding hydrogens is 432 g/mol. The summed E-state index contributed by atoms with van der Waals surface area (Å²) in [6, 6.07) is 6.48. The van der Waals surface area contributed by atoms with Crippen molar-refractivity contribution < 1.29 is 21.6 Å². The average molecular weight is 459 g/mol. The molecule has 0 saturated carbocycles. The van der Waals surface area contributed by atoms with Gasteiger partial charge in [-0.2, -0.15) is 0 Å². The quantitative estimate of drug-likeness (QED) is 0.657. The SMILES string of the molecule is CCCS(=O)(=O)c1nc(S(=O)(=O)c2ccc(C)cc2)c(N2C[C@@H](C)O[C@@H](C)C2)s1. The summed E-state index contributed by atoms with van der Waals surface area (Å²) >= 11 is 0.934. The predicted molar refractivity (Wildman–Crippen MR) is 113 cm³/mol. The lowest BCUT2D eigenvalue weighted by Crippen LogP contribution is -2.45. The minimum Gasteiger partial charge on any atom is -0.372 e. The second kappa shape index (κ2) is 8.33. The molecule has 1 aliphatic heterocycles. The van der Waals surface area contributed by atoms with Gasteiger partial charge in [0.05, 0.1) is 22.9 Å². The zero-order chi connectivity index (χ0) is 21.4. The number of ether oxygens (including phenoxy) is 1. The van der Waals surface area contributed by atoms with Crippen molar-refractivity contribution in [2.24, 2.45) is 0 Å². The van der Waals surface area contributed by atoms with Gasteiger partial charge >= 0.3 is 0 Å². The summed E-state index contributed by atoms with van der Waals surface area (Å²) in [6.45, 7) is 8.39. The van der Waals surface area contributed by atoms with Crippen molar-refractivity contribution in [3.05, 3.63) is 29.8 Å². The summed E-state index contributed by atoms with van der Waals surface area (Å²) in [4.78, 5) is 6.13. The fourth-order valence-electron chi connectivity index (χ4n) is 3.32. The summed E-state index contributed by atoms with van der Waals surface area (Å²) in [5, 5.41) is 0.171. The van der Waals surface area contributed by atoms with Crippen LogP contribution in [0.5, 0.6) is 0 Å². The third-order valence-electron chi connectivity index (χ3n) is 4.59. The Balaban J connectivity index is 2.16. The highest BCUT2D eigenvalue weighted by Crippen LogP contribution is 2.38. The molecule has 0 bridgehead atoms. The van der Waals surface area contributed by atoms with E-state index in [1.54, 1.807) is 19.1 Å². The van der Waals surface area contributed by atoms with Crippen LogP contribution < -0.4 is 4.90 Å². The van der Waals surface area contributed by atoms with Gasteiger partial charge in [-0.1, -0.05) is 36.0 Å². The van der Waals surface area contributed by atoms with Crippen molar-refractivity contribution in [3.8, 4) is 0 Å². The van der Waals surface area contributed by atoms with Gasteiger partial charge in [-0.15, -0.1) is 0 Å². The maximum atomic E-state index is 13.4. The molecule has 160 valence electrons. The van der Waals surface area contributed by atoms with Crippen LogP contribution >= 0.6 is 11.3 Å². The van der Waals surface area contributed by atoms with E-state index in [9.17, 15) is 16.8 Å². The minimum atomic E-state index is -3.97. The van der Waals surface area contributed by atoms with Crippen LogP contribution in [0, 0.1) is 6.92 Å². The van der Waals surface area contributed by atoms with Gasteiger partial charge in [-0.05, 0) is 39.3 Å². The lowest BCUT2D eigenvalue weighted by Gasteiger charge is -2.36. The highest BCUT2D eigenvalue weighted by molar-refractivity contribution is 7.94. The average Bonchev–Trinajstić information content (AvgIpc) is 3.08. The van der Waals surface area contributed by atoms with Crippen molar-refractivity contribution >= 4 is 36.0 Å². The Bertz CT molecular complexity index is 1070. The monoisotopic (exact) mass is 458 g/mol. The van der Waals surface area contributed by atoms with E-state index in [1.807, 2.05) is 25.7 Å². The molecule has 2 aromatic rings. The summed E-state index contributed by atoms with van der Waals surface area (Å²) in [5.41, 5.74) is 0.935. The summed E-state index contributed by atoms with van der Waals surface area (Å²) in [6.07, 6.45) is 0.223. The summed E-state index contributed by atoms with van der Waals surface area (Å²) in [5.74, 6) is -0.0696. The Morgan fingerprint density at radius 2 is 1.69 bits per heavy atom. The number of hydrogen-bond acceptors (Lipinski definition) is 8. The number of sulfone groups is 2. The molecule has 1 aromatic carbocycles. The molecule has 2 heterocycles. The first-order valence-electron chi connectivity index (χ1n) is 9.50. The third-order valence-corrected chi connectivity index (χ3v) is 9.90. The maximum Gasteiger partial charge on any atom is 0.226 e. The van der Waals surface area contributed by atoms with Crippen molar-refractivity contribution in [3.63, 3.8) is 0 Å². The molecule has 1 aliphatic rings. The van der Waals surface area contributed by atoms with Crippen LogP contribution in [0.3, 0.4) is 0 Å². The van der Waals surface area contributed by atoms with Gasteiger partial charge < -0.3 is 9.64 Å². The highest BCUT2D eigenvalue weighted by atomic mass is 32.2. The van der Waals surface area contributed by atoms with Crippen LogP contribution in [0.1, 0.15) is 32.8 Å². The van der Waals surface area contributed by atoms with Crippen LogP contribution in [0.2, 0.25) is 0 Å². The number of benzene rings is 1. The van der Waals surface area contributed by atoms with Gasteiger partial charge in [-0.3, -0.25) is 0 Å². The van der Waals surface area contributed by atoms with Crippen molar-refractivity contribution in [2.45, 2.75) is 60.6 Å². The molecule has 0 spiro atoms. The minimum absolute atomic E-state index is 0.0696. The summed E-state index contributed by atoms with van der Waals surface area (Å²) in [7, 11) is -7.61. The second-order valence-electron chi connectivity index (χ2n) is 7.39. The van der Waals surface area contributed by atoms with Gasteiger partial charge in [-0.25, -0.2) is 21.8 Å². The molecule has 1 saturated heterocycles. The van der Waals surface area contributed by atoms with Crippen molar-refractivity contribution in [2.75, 3.05) is 23.7 Å². The Labute approximate surface area is 176 Å². The molecule has 7 nitrogen and oxygen atoms in total. The Hall–Kier alpha value is -1.49. The molecule has 0 amide bonds. The fourth-order valence-corrected chi connectivity index (χ4v) is 7.82. The Morgan fingerprint density at radius 1 is 1.10 bits per heavy atom. The van der Waals surface area contributed by atoms with E-state index in [4.69, 9.17) is 4.74 Å². The van der Waals surface area contributed by atoms with Gasteiger partial charge in [0.2, 0.25) is 24.0 Å². The standard InChI is InChI=1S/C19H26N2O5S3/c1-5-10-28(22,23)19-20-17(29(24,25)16-8-6-13(2)7-9-16)18(27-19)21-11-14(3)26-15(4)12-21/h6-9,14-15H,5,10-12H2,1-4H3/t14-,15+.